The van der Waals surface area contributed by atoms with Crippen molar-refractivity contribution >= 4 is 23.2 Å². The van der Waals surface area contributed by atoms with E-state index < -0.39 is 0 Å². The zero-order chi connectivity index (χ0) is 8.97. The predicted octanol–water partition coefficient (Wildman–Crippen LogP) is 0.877. The fourth-order valence-electron chi connectivity index (χ4n) is 1.24. The van der Waals surface area contributed by atoms with E-state index in [9.17, 15) is 4.79 Å². The highest BCUT2D eigenvalue weighted by Crippen LogP contribution is 2.14. The number of rotatable bonds is 2. The maximum atomic E-state index is 11.3. The Morgan fingerprint density at radius 1 is 1.83 bits per heavy atom. The van der Waals surface area contributed by atoms with Crippen LogP contribution < -0.4 is 5.32 Å². The van der Waals surface area contributed by atoms with E-state index in [1.54, 1.807) is 6.92 Å². The third kappa shape index (κ3) is 2.17. The number of thiocarbonyl (C=S) groups is 1. The maximum Gasteiger partial charge on any atom is 0.315 e. The Labute approximate surface area is 77.5 Å². The summed E-state index contributed by atoms with van der Waals surface area (Å²) in [5.74, 6) is -0.386. The van der Waals surface area contributed by atoms with Gasteiger partial charge < -0.3 is 10.1 Å². The van der Waals surface area contributed by atoms with Crippen LogP contribution in [-0.2, 0) is 9.53 Å². The van der Waals surface area contributed by atoms with Gasteiger partial charge in [0, 0.05) is 6.54 Å². The fourth-order valence-corrected chi connectivity index (χ4v) is 1.56. The van der Waals surface area contributed by atoms with Gasteiger partial charge in [0.1, 0.15) is 5.92 Å². The van der Waals surface area contributed by atoms with E-state index in [1.807, 2.05) is 0 Å². The molecule has 1 atom stereocenters. The van der Waals surface area contributed by atoms with Gasteiger partial charge in [-0.15, -0.1) is 0 Å². The summed E-state index contributed by atoms with van der Waals surface area (Å²) in [6.07, 6.45) is 1.81. The Morgan fingerprint density at radius 3 is 3.17 bits per heavy atom. The van der Waals surface area contributed by atoms with Gasteiger partial charge in [0.15, 0.2) is 0 Å². The van der Waals surface area contributed by atoms with Crippen molar-refractivity contribution < 1.29 is 9.53 Å². The van der Waals surface area contributed by atoms with Crippen LogP contribution in [0.4, 0.5) is 0 Å². The molecule has 4 heteroatoms. The Kier molecular flexibility index (Phi) is 3.47. The highest BCUT2D eigenvalue weighted by molar-refractivity contribution is 7.80. The Bertz CT molecular complexity index is 193. The monoisotopic (exact) mass is 187 g/mol. The molecule has 1 fully saturated rings. The van der Waals surface area contributed by atoms with Crippen LogP contribution >= 0.6 is 12.2 Å². The van der Waals surface area contributed by atoms with Crippen molar-refractivity contribution in [1.29, 1.82) is 0 Å². The van der Waals surface area contributed by atoms with Crippen LogP contribution in [0.15, 0.2) is 0 Å². The Balaban J connectivity index is 2.48. The molecule has 1 N–H and O–H groups in total. The van der Waals surface area contributed by atoms with E-state index in [-0.39, 0.29) is 11.9 Å². The molecule has 3 nitrogen and oxygen atoms in total. The molecule has 1 rings (SSSR count). The van der Waals surface area contributed by atoms with Crippen LogP contribution in [0.5, 0.6) is 0 Å². The molecule has 0 radical (unpaired) electrons. The first-order valence-corrected chi connectivity index (χ1v) is 4.61. The number of nitrogens with one attached hydrogen (secondary N) is 1. The molecule has 0 saturated carbocycles. The summed E-state index contributed by atoms with van der Waals surface area (Å²) in [6.45, 7) is 3.11. The number of ether oxygens (including phenoxy) is 1. The van der Waals surface area contributed by atoms with Crippen LogP contribution in [0.1, 0.15) is 19.8 Å². The molecule has 0 spiro atoms. The minimum atomic E-state index is -0.200. The van der Waals surface area contributed by atoms with Gasteiger partial charge >= 0.3 is 5.97 Å². The molecule has 0 aromatic heterocycles. The zero-order valence-electron chi connectivity index (χ0n) is 7.13. The molecule has 1 aliphatic rings. The molecule has 1 saturated heterocycles. The molecule has 0 aromatic carbocycles. The number of carbonyl (C=O) groups excluding carboxylic acids is 1. The lowest BCUT2D eigenvalue weighted by Gasteiger charge is -2.22. The van der Waals surface area contributed by atoms with Gasteiger partial charge in [-0.25, -0.2) is 0 Å². The Morgan fingerprint density at radius 2 is 2.58 bits per heavy atom. The molecule has 0 bridgehead atoms. The molecule has 1 unspecified atom stereocenters. The first-order chi connectivity index (χ1) is 5.75. The number of piperidine rings is 1. The number of hydrogen-bond donors (Lipinski definition) is 1. The number of carbonyl (C=O) groups is 1. The van der Waals surface area contributed by atoms with Gasteiger partial charge in [-0.1, -0.05) is 12.2 Å². The molecule has 0 aliphatic carbocycles. The van der Waals surface area contributed by atoms with Gasteiger partial charge in [-0.05, 0) is 19.8 Å². The van der Waals surface area contributed by atoms with Gasteiger partial charge in [0.25, 0.3) is 0 Å². The molecule has 68 valence electrons. The lowest BCUT2D eigenvalue weighted by Crippen LogP contribution is -2.39. The molecule has 0 amide bonds. The summed E-state index contributed by atoms with van der Waals surface area (Å²) in [7, 11) is 0. The highest BCUT2D eigenvalue weighted by atomic mass is 32.1. The van der Waals surface area contributed by atoms with Crippen molar-refractivity contribution in [2.75, 3.05) is 13.2 Å². The van der Waals surface area contributed by atoms with Crippen molar-refractivity contribution in [3.8, 4) is 0 Å². The van der Waals surface area contributed by atoms with Crippen LogP contribution in [-0.4, -0.2) is 24.1 Å². The minimum Gasteiger partial charge on any atom is -0.465 e. The zero-order valence-corrected chi connectivity index (χ0v) is 7.95. The lowest BCUT2D eigenvalue weighted by molar-refractivity contribution is -0.145. The van der Waals surface area contributed by atoms with E-state index in [0.717, 1.165) is 19.4 Å². The SMILES string of the molecule is CCOC(=O)C1CCCNC1=S. The third-order valence-electron chi connectivity index (χ3n) is 1.86. The molecule has 12 heavy (non-hydrogen) atoms. The molecule has 0 aromatic rings. The lowest BCUT2D eigenvalue weighted by atomic mass is 10.00. The van der Waals surface area contributed by atoms with E-state index in [4.69, 9.17) is 17.0 Å². The van der Waals surface area contributed by atoms with Gasteiger partial charge in [0.05, 0.1) is 11.6 Å². The summed E-state index contributed by atoms with van der Waals surface area (Å²) in [4.78, 5) is 11.9. The van der Waals surface area contributed by atoms with Crippen molar-refractivity contribution in [2.45, 2.75) is 19.8 Å². The average molecular weight is 187 g/mol. The van der Waals surface area contributed by atoms with Gasteiger partial charge in [-0.3, -0.25) is 4.79 Å². The van der Waals surface area contributed by atoms with Gasteiger partial charge in [-0.2, -0.15) is 0 Å². The van der Waals surface area contributed by atoms with Crippen molar-refractivity contribution in [3.05, 3.63) is 0 Å². The topological polar surface area (TPSA) is 38.3 Å². The van der Waals surface area contributed by atoms with E-state index >= 15 is 0 Å². The van der Waals surface area contributed by atoms with E-state index in [1.165, 1.54) is 0 Å². The molecule has 1 heterocycles. The average Bonchev–Trinajstić information content (AvgIpc) is 2.05. The second kappa shape index (κ2) is 4.40. The predicted molar refractivity (Wildman–Crippen MR) is 50.0 cm³/mol. The fraction of sp³-hybridized carbons (Fsp3) is 0.750. The normalized spacial score (nSPS) is 23.1. The standard InChI is InChI=1S/C8H13NO2S/c1-2-11-8(10)6-4-3-5-9-7(6)12/h6H,2-5H2,1H3,(H,9,12). The summed E-state index contributed by atoms with van der Waals surface area (Å²) in [5, 5.41) is 3.00. The molecular weight excluding hydrogens is 174 g/mol. The maximum absolute atomic E-state index is 11.3. The quantitative estimate of drug-likeness (QED) is 0.514. The Hall–Kier alpha value is -0.640. The van der Waals surface area contributed by atoms with Crippen molar-refractivity contribution in [1.82, 2.24) is 5.32 Å². The number of hydrogen-bond acceptors (Lipinski definition) is 3. The first kappa shape index (κ1) is 9.45. The largest absolute Gasteiger partial charge is 0.465 e. The molecule has 1 aliphatic heterocycles. The van der Waals surface area contributed by atoms with E-state index in [0.29, 0.717) is 11.6 Å². The first-order valence-electron chi connectivity index (χ1n) is 4.20. The van der Waals surface area contributed by atoms with Crippen LogP contribution in [0.2, 0.25) is 0 Å². The number of esters is 1. The van der Waals surface area contributed by atoms with Crippen LogP contribution in [0.3, 0.4) is 0 Å². The summed E-state index contributed by atoms with van der Waals surface area (Å²) < 4.78 is 4.89. The van der Waals surface area contributed by atoms with Gasteiger partial charge in [0.2, 0.25) is 0 Å². The second-order valence-corrected chi connectivity index (χ2v) is 3.18. The molecular formula is C8H13NO2S. The van der Waals surface area contributed by atoms with Crippen LogP contribution in [0.25, 0.3) is 0 Å². The summed E-state index contributed by atoms with van der Waals surface area (Å²) >= 11 is 5.01. The second-order valence-electron chi connectivity index (χ2n) is 2.74. The third-order valence-corrected chi connectivity index (χ3v) is 2.29. The van der Waals surface area contributed by atoms with Crippen molar-refractivity contribution in [2.24, 2.45) is 5.92 Å². The highest BCUT2D eigenvalue weighted by Gasteiger charge is 2.26. The summed E-state index contributed by atoms with van der Waals surface area (Å²) in [5.41, 5.74) is 0. The summed E-state index contributed by atoms with van der Waals surface area (Å²) in [6, 6.07) is 0. The van der Waals surface area contributed by atoms with E-state index in [2.05, 4.69) is 5.32 Å². The smallest absolute Gasteiger partial charge is 0.315 e. The van der Waals surface area contributed by atoms with Crippen molar-refractivity contribution in [3.63, 3.8) is 0 Å². The minimum absolute atomic E-state index is 0.185. The van der Waals surface area contributed by atoms with Crippen LogP contribution in [0, 0.1) is 5.92 Å².